The summed E-state index contributed by atoms with van der Waals surface area (Å²) in [5.41, 5.74) is 2.63. The smallest absolute Gasteiger partial charge is 0.140 e. The fraction of sp³-hybridized carbons (Fsp3) is 0.889. The Morgan fingerprint density at radius 2 is 2.46 bits per heavy atom. The molecule has 0 amide bonds. The van der Waals surface area contributed by atoms with Crippen LogP contribution >= 0.6 is 0 Å². The van der Waals surface area contributed by atoms with Gasteiger partial charge in [0.1, 0.15) is 11.9 Å². The highest BCUT2D eigenvalue weighted by Crippen LogP contribution is 2.20. The molecule has 0 aromatic rings. The van der Waals surface area contributed by atoms with Crippen LogP contribution in [0.25, 0.3) is 0 Å². The molecule has 13 heavy (non-hydrogen) atoms. The number of aliphatic imine (C=N–C) groups is 1. The summed E-state index contributed by atoms with van der Waals surface area (Å²) in [5.74, 6) is 6.71. The summed E-state index contributed by atoms with van der Waals surface area (Å²) in [6, 6.07) is 0. The highest BCUT2D eigenvalue weighted by molar-refractivity contribution is 5.86. The molecule has 1 aliphatic rings. The standard InChI is InChI=1S/C9H19N3O/c1-3-5-11-9(12-10)8-7(2)4-6-13-8/h7-8H,3-6,10H2,1-2H3,(H,11,12). The first-order chi connectivity index (χ1) is 6.29. The molecular formula is C9H19N3O. The zero-order valence-corrected chi connectivity index (χ0v) is 8.42. The van der Waals surface area contributed by atoms with Crippen molar-refractivity contribution in [2.45, 2.75) is 32.8 Å². The van der Waals surface area contributed by atoms with E-state index in [0.29, 0.717) is 5.92 Å². The maximum atomic E-state index is 5.54. The lowest BCUT2D eigenvalue weighted by atomic mass is 10.0. The summed E-state index contributed by atoms with van der Waals surface area (Å²) in [6.07, 6.45) is 2.21. The van der Waals surface area contributed by atoms with E-state index in [2.05, 4.69) is 24.3 Å². The molecule has 3 N–H and O–H groups in total. The van der Waals surface area contributed by atoms with Gasteiger partial charge in [-0.25, -0.2) is 5.84 Å². The Hall–Kier alpha value is -0.610. The minimum Gasteiger partial charge on any atom is -0.370 e. The molecule has 0 radical (unpaired) electrons. The molecule has 2 unspecified atom stereocenters. The average Bonchev–Trinajstić information content (AvgIpc) is 2.54. The molecule has 0 saturated carbocycles. The van der Waals surface area contributed by atoms with Crippen LogP contribution in [0.15, 0.2) is 4.99 Å². The Kier molecular flexibility index (Phi) is 4.18. The van der Waals surface area contributed by atoms with Crippen LogP contribution in [-0.4, -0.2) is 25.1 Å². The van der Waals surface area contributed by atoms with Crippen molar-refractivity contribution < 1.29 is 4.74 Å². The highest BCUT2D eigenvalue weighted by Gasteiger charge is 2.28. The molecule has 1 rings (SSSR count). The number of ether oxygens (including phenoxy) is 1. The van der Waals surface area contributed by atoms with Crippen molar-refractivity contribution in [3.8, 4) is 0 Å². The van der Waals surface area contributed by atoms with E-state index in [1.165, 1.54) is 0 Å². The van der Waals surface area contributed by atoms with E-state index >= 15 is 0 Å². The fourth-order valence-corrected chi connectivity index (χ4v) is 1.49. The molecule has 0 aromatic heterocycles. The maximum Gasteiger partial charge on any atom is 0.140 e. The zero-order chi connectivity index (χ0) is 9.68. The van der Waals surface area contributed by atoms with E-state index in [0.717, 1.165) is 31.8 Å². The first-order valence-corrected chi connectivity index (χ1v) is 4.92. The minimum atomic E-state index is 0.0801. The minimum absolute atomic E-state index is 0.0801. The van der Waals surface area contributed by atoms with Gasteiger partial charge in [-0.05, 0) is 18.8 Å². The molecule has 0 aliphatic carbocycles. The van der Waals surface area contributed by atoms with E-state index in [1.54, 1.807) is 0 Å². The van der Waals surface area contributed by atoms with Crippen molar-refractivity contribution in [3.05, 3.63) is 0 Å². The molecule has 4 nitrogen and oxygen atoms in total. The van der Waals surface area contributed by atoms with E-state index in [1.807, 2.05) is 0 Å². The lowest BCUT2D eigenvalue weighted by Crippen LogP contribution is -2.41. The molecule has 1 fully saturated rings. The summed E-state index contributed by atoms with van der Waals surface area (Å²) < 4.78 is 5.54. The highest BCUT2D eigenvalue weighted by atomic mass is 16.5. The average molecular weight is 185 g/mol. The van der Waals surface area contributed by atoms with Gasteiger partial charge in [0.25, 0.3) is 0 Å². The molecule has 0 spiro atoms. The van der Waals surface area contributed by atoms with Gasteiger partial charge in [-0.3, -0.25) is 4.99 Å². The molecule has 2 atom stereocenters. The van der Waals surface area contributed by atoms with Crippen LogP contribution in [0.4, 0.5) is 0 Å². The van der Waals surface area contributed by atoms with Gasteiger partial charge in [0.15, 0.2) is 0 Å². The zero-order valence-electron chi connectivity index (χ0n) is 8.42. The number of amidine groups is 1. The van der Waals surface area contributed by atoms with Crippen LogP contribution in [0.5, 0.6) is 0 Å². The van der Waals surface area contributed by atoms with E-state index in [-0.39, 0.29) is 6.10 Å². The molecule has 1 aliphatic heterocycles. The van der Waals surface area contributed by atoms with Gasteiger partial charge < -0.3 is 10.2 Å². The van der Waals surface area contributed by atoms with Crippen LogP contribution < -0.4 is 11.3 Å². The van der Waals surface area contributed by atoms with Crippen molar-refractivity contribution in [3.63, 3.8) is 0 Å². The summed E-state index contributed by atoms with van der Waals surface area (Å²) in [6.45, 7) is 5.89. The van der Waals surface area contributed by atoms with Crippen LogP contribution in [-0.2, 0) is 4.74 Å². The van der Waals surface area contributed by atoms with Gasteiger partial charge in [-0.2, -0.15) is 0 Å². The Balaban J connectivity index is 2.54. The van der Waals surface area contributed by atoms with Gasteiger partial charge >= 0.3 is 0 Å². The third kappa shape index (κ3) is 2.67. The summed E-state index contributed by atoms with van der Waals surface area (Å²) in [4.78, 5) is 4.35. The van der Waals surface area contributed by atoms with Crippen molar-refractivity contribution in [2.75, 3.05) is 13.2 Å². The van der Waals surface area contributed by atoms with Crippen LogP contribution in [0.3, 0.4) is 0 Å². The SMILES string of the molecule is CCCN=C(NN)C1OCCC1C. The molecule has 0 aromatic carbocycles. The fourth-order valence-electron chi connectivity index (χ4n) is 1.49. The molecule has 4 heteroatoms. The number of hydrogen-bond acceptors (Lipinski definition) is 3. The van der Waals surface area contributed by atoms with Crippen LogP contribution in [0, 0.1) is 5.92 Å². The van der Waals surface area contributed by atoms with Gasteiger partial charge in [-0.1, -0.05) is 13.8 Å². The van der Waals surface area contributed by atoms with Gasteiger partial charge in [0.05, 0.1) is 0 Å². The quantitative estimate of drug-likeness (QED) is 0.294. The number of hydrogen-bond donors (Lipinski definition) is 2. The van der Waals surface area contributed by atoms with Crippen molar-refractivity contribution in [1.29, 1.82) is 0 Å². The third-order valence-electron chi connectivity index (χ3n) is 2.31. The monoisotopic (exact) mass is 185 g/mol. The number of nitrogens with two attached hydrogens (primary N) is 1. The van der Waals surface area contributed by atoms with Gasteiger partial charge in [0, 0.05) is 13.2 Å². The molecular weight excluding hydrogens is 166 g/mol. The topological polar surface area (TPSA) is 59.6 Å². The van der Waals surface area contributed by atoms with E-state index in [4.69, 9.17) is 10.6 Å². The number of hydrazine groups is 1. The normalized spacial score (nSPS) is 29.3. The lowest BCUT2D eigenvalue weighted by molar-refractivity contribution is 0.142. The Morgan fingerprint density at radius 3 is 2.92 bits per heavy atom. The van der Waals surface area contributed by atoms with Crippen molar-refractivity contribution in [1.82, 2.24) is 5.43 Å². The van der Waals surface area contributed by atoms with E-state index < -0.39 is 0 Å². The predicted molar refractivity (Wildman–Crippen MR) is 53.4 cm³/mol. The summed E-state index contributed by atoms with van der Waals surface area (Å²) >= 11 is 0. The number of rotatable bonds is 3. The van der Waals surface area contributed by atoms with Gasteiger partial charge in [-0.15, -0.1) is 0 Å². The first kappa shape index (κ1) is 10.5. The Morgan fingerprint density at radius 1 is 1.69 bits per heavy atom. The first-order valence-electron chi connectivity index (χ1n) is 4.92. The maximum absolute atomic E-state index is 5.54. The Bertz CT molecular complexity index is 182. The molecule has 0 bridgehead atoms. The predicted octanol–water partition coefficient (Wildman–Crippen LogP) is 0.683. The Labute approximate surface area is 79.5 Å². The summed E-state index contributed by atoms with van der Waals surface area (Å²) in [5, 5.41) is 0. The van der Waals surface area contributed by atoms with Gasteiger partial charge in [0.2, 0.25) is 0 Å². The number of nitrogens with zero attached hydrogens (tertiary/aromatic N) is 1. The second-order valence-corrected chi connectivity index (χ2v) is 3.47. The second kappa shape index (κ2) is 5.19. The second-order valence-electron chi connectivity index (χ2n) is 3.47. The lowest BCUT2D eigenvalue weighted by Gasteiger charge is -2.16. The molecule has 1 saturated heterocycles. The van der Waals surface area contributed by atoms with Crippen LogP contribution in [0.2, 0.25) is 0 Å². The van der Waals surface area contributed by atoms with Crippen LogP contribution in [0.1, 0.15) is 26.7 Å². The molecule has 1 heterocycles. The number of nitrogens with one attached hydrogen (secondary N) is 1. The summed E-state index contributed by atoms with van der Waals surface area (Å²) in [7, 11) is 0. The van der Waals surface area contributed by atoms with Crippen molar-refractivity contribution in [2.24, 2.45) is 16.8 Å². The largest absolute Gasteiger partial charge is 0.370 e. The third-order valence-corrected chi connectivity index (χ3v) is 2.31. The van der Waals surface area contributed by atoms with E-state index in [9.17, 15) is 0 Å². The van der Waals surface area contributed by atoms with Crippen molar-refractivity contribution >= 4 is 5.84 Å². The molecule has 76 valence electrons.